The van der Waals surface area contributed by atoms with Gasteiger partial charge in [0.25, 0.3) is 0 Å². The minimum absolute atomic E-state index is 0.223. The summed E-state index contributed by atoms with van der Waals surface area (Å²) >= 11 is 0. The Morgan fingerprint density at radius 3 is 2.71 bits per heavy atom. The van der Waals surface area contributed by atoms with Crippen LogP contribution in [0.3, 0.4) is 0 Å². The Morgan fingerprint density at radius 2 is 2.18 bits per heavy atom. The molecule has 0 aliphatic carbocycles. The Balaban J connectivity index is 2.75. The van der Waals surface area contributed by atoms with Crippen molar-refractivity contribution in [1.82, 2.24) is 15.0 Å². The van der Waals surface area contributed by atoms with E-state index in [1.54, 1.807) is 0 Å². The fourth-order valence-corrected chi connectivity index (χ4v) is 1.81. The number of aromatic carboxylic acids is 1. The van der Waals surface area contributed by atoms with Crippen LogP contribution in [0.1, 0.15) is 48.6 Å². The number of fused-ring (bicyclic) bond motifs is 1. The lowest BCUT2D eigenvalue weighted by Crippen LogP contribution is -2.04. The second-order valence-electron chi connectivity index (χ2n) is 4.27. The van der Waals surface area contributed by atoms with Crippen LogP contribution >= 0.6 is 0 Å². The molecule has 0 spiro atoms. The molecule has 0 bridgehead atoms. The van der Waals surface area contributed by atoms with Gasteiger partial charge in [0, 0.05) is 12.1 Å². The van der Waals surface area contributed by atoms with Crippen molar-refractivity contribution in [2.75, 3.05) is 0 Å². The highest BCUT2D eigenvalue weighted by Crippen LogP contribution is 2.22. The molecule has 0 unspecified atom stereocenters. The number of nitrogens with one attached hydrogen (secondary N) is 1. The predicted molar refractivity (Wildman–Crippen MR) is 64.3 cm³/mol. The van der Waals surface area contributed by atoms with Gasteiger partial charge in [0.1, 0.15) is 11.5 Å². The molecule has 5 heteroatoms. The molecule has 2 rings (SSSR count). The van der Waals surface area contributed by atoms with E-state index in [1.165, 1.54) is 6.20 Å². The lowest BCUT2D eigenvalue weighted by atomic mass is 10.1. The van der Waals surface area contributed by atoms with Gasteiger partial charge in [-0.25, -0.2) is 14.8 Å². The minimum atomic E-state index is -0.952. The van der Waals surface area contributed by atoms with Crippen LogP contribution in [0, 0.1) is 0 Å². The molecule has 0 aliphatic rings. The zero-order valence-electron chi connectivity index (χ0n) is 10.1. The standard InChI is InChI=1S/C12H15N3O2/c1-4-8-9-7(12(16)17)5-13-11(9)15-10(14-8)6(2)3/h5-6H,4H2,1-3H3,(H,16,17)(H,13,14,15). The number of hydrogen-bond acceptors (Lipinski definition) is 3. The molecule has 0 fully saturated rings. The number of carbonyl (C=O) groups is 1. The van der Waals surface area contributed by atoms with E-state index in [9.17, 15) is 4.79 Å². The van der Waals surface area contributed by atoms with E-state index in [-0.39, 0.29) is 11.5 Å². The molecule has 5 nitrogen and oxygen atoms in total. The Labute approximate surface area is 98.9 Å². The highest BCUT2D eigenvalue weighted by Gasteiger charge is 2.17. The summed E-state index contributed by atoms with van der Waals surface area (Å²) in [7, 11) is 0. The van der Waals surface area contributed by atoms with E-state index in [2.05, 4.69) is 15.0 Å². The second-order valence-corrected chi connectivity index (χ2v) is 4.27. The highest BCUT2D eigenvalue weighted by atomic mass is 16.4. The largest absolute Gasteiger partial charge is 0.478 e. The van der Waals surface area contributed by atoms with Gasteiger partial charge in [0.15, 0.2) is 0 Å². The van der Waals surface area contributed by atoms with Crippen LogP contribution in [0.5, 0.6) is 0 Å². The number of carboxylic acid groups (broad SMARTS) is 1. The number of hydrogen-bond donors (Lipinski definition) is 2. The minimum Gasteiger partial charge on any atom is -0.478 e. The average molecular weight is 233 g/mol. The van der Waals surface area contributed by atoms with Crippen molar-refractivity contribution < 1.29 is 9.90 Å². The number of aromatic nitrogens is 3. The van der Waals surface area contributed by atoms with Crippen LogP contribution in [0.25, 0.3) is 11.0 Å². The number of carboxylic acids is 1. The first-order valence-corrected chi connectivity index (χ1v) is 5.65. The zero-order valence-corrected chi connectivity index (χ0v) is 10.1. The molecule has 0 aromatic carbocycles. The van der Waals surface area contributed by atoms with E-state index in [0.717, 1.165) is 11.5 Å². The lowest BCUT2D eigenvalue weighted by Gasteiger charge is -2.07. The van der Waals surface area contributed by atoms with Gasteiger partial charge in [0.05, 0.1) is 16.6 Å². The summed E-state index contributed by atoms with van der Waals surface area (Å²) in [5.41, 5.74) is 1.64. The van der Waals surface area contributed by atoms with Crippen molar-refractivity contribution in [3.05, 3.63) is 23.3 Å². The van der Waals surface area contributed by atoms with Gasteiger partial charge in [-0.2, -0.15) is 0 Å². The average Bonchev–Trinajstić information content (AvgIpc) is 2.71. The Morgan fingerprint density at radius 1 is 1.47 bits per heavy atom. The first-order valence-electron chi connectivity index (χ1n) is 5.65. The maximum Gasteiger partial charge on any atom is 0.338 e. The van der Waals surface area contributed by atoms with Crippen molar-refractivity contribution in [3.63, 3.8) is 0 Å². The van der Waals surface area contributed by atoms with Crippen molar-refractivity contribution in [2.24, 2.45) is 0 Å². The number of aryl methyl sites for hydroxylation is 1. The van der Waals surface area contributed by atoms with E-state index in [0.29, 0.717) is 17.5 Å². The molecule has 0 aliphatic heterocycles. The molecule has 0 saturated carbocycles. The monoisotopic (exact) mass is 233 g/mol. The SMILES string of the molecule is CCc1nc(C(C)C)nc2[nH]cc(C(=O)O)c12. The van der Waals surface area contributed by atoms with E-state index in [1.807, 2.05) is 20.8 Å². The van der Waals surface area contributed by atoms with Gasteiger partial charge in [-0.15, -0.1) is 0 Å². The summed E-state index contributed by atoms with van der Waals surface area (Å²) in [6, 6.07) is 0. The van der Waals surface area contributed by atoms with E-state index in [4.69, 9.17) is 5.11 Å². The fraction of sp³-hybridized carbons (Fsp3) is 0.417. The van der Waals surface area contributed by atoms with Crippen LogP contribution in [0.15, 0.2) is 6.20 Å². The maximum atomic E-state index is 11.1. The molecule has 17 heavy (non-hydrogen) atoms. The van der Waals surface area contributed by atoms with E-state index >= 15 is 0 Å². The van der Waals surface area contributed by atoms with Gasteiger partial charge < -0.3 is 10.1 Å². The molecule has 90 valence electrons. The summed E-state index contributed by atoms with van der Waals surface area (Å²) < 4.78 is 0. The Hall–Kier alpha value is -1.91. The van der Waals surface area contributed by atoms with Crippen molar-refractivity contribution in [3.8, 4) is 0 Å². The molecule has 0 radical (unpaired) electrons. The molecular weight excluding hydrogens is 218 g/mol. The van der Waals surface area contributed by atoms with Gasteiger partial charge in [-0.3, -0.25) is 0 Å². The van der Waals surface area contributed by atoms with Gasteiger partial charge in [-0.1, -0.05) is 20.8 Å². The second kappa shape index (κ2) is 4.16. The van der Waals surface area contributed by atoms with Gasteiger partial charge in [-0.05, 0) is 6.42 Å². The summed E-state index contributed by atoms with van der Waals surface area (Å²) in [5, 5.41) is 9.72. The fourth-order valence-electron chi connectivity index (χ4n) is 1.81. The summed E-state index contributed by atoms with van der Waals surface area (Å²) in [6.45, 7) is 5.99. The number of nitrogens with zero attached hydrogens (tertiary/aromatic N) is 2. The number of aromatic amines is 1. The normalized spacial score (nSPS) is 11.3. The molecule has 0 atom stereocenters. The summed E-state index contributed by atoms with van der Waals surface area (Å²) in [6.07, 6.45) is 2.17. The molecule has 0 amide bonds. The van der Waals surface area contributed by atoms with Crippen molar-refractivity contribution in [1.29, 1.82) is 0 Å². The van der Waals surface area contributed by atoms with Crippen LogP contribution in [0.2, 0.25) is 0 Å². The molecule has 2 aromatic rings. The molecule has 2 N–H and O–H groups in total. The third-order valence-corrected chi connectivity index (χ3v) is 2.71. The van der Waals surface area contributed by atoms with Crippen molar-refractivity contribution in [2.45, 2.75) is 33.1 Å². The van der Waals surface area contributed by atoms with Crippen LogP contribution in [-0.4, -0.2) is 26.0 Å². The third-order valence-electron chi connectivity index (χ3n) is 2.71. The molecule has 0 saturated heterocycles. The summed E-state index contributed by atoms with van der Waals surface area (Å²) in [5.74, 6) is 0.0151. The van der Waals surface area contributed by atoms with Crippen LogP contribution in [0.4, 0.5) is 0 Å². The zero-order chi connectivity index (χ0) is 12.6. The first-order chi connectivity index (χ1) is 8.04. The van der Waals surface area contributed by atoms with Gasteiger partial charge in [0.2, 0.25) is 0 Å². The molecule has 2 heterocycles. The van der Waals surface area contributed by atoms with Gasteiger partial charge >= 0.3 is 5.97 Å². The first kappa shape index (κ1) is 11.6. The lowest BCUT2D eigenvalue weighted by molar-refractivity contribution is 0.0699. The highest BCUT2D eigenvalue weighted by molar-refractivity contribution is 6.03. The van der Waals surface area contributed by atoms with E-state index < -0.39 is 5.97 Å². The smallest absolute Gasteiger partial charge is 0.338 e. The maximum absolute atomic E-state index is 11.1. The van der Waals surface area contributed by atoms with Crippen LogP contribution < -0.4 is 0 Å². The summed E-state index contributed by atoms with van der Waals surface area (Å²) in [4.78, 5) is 22.8. The van der Waals surface area contributed by atoms with Crippen LogP contribution in [-0.2, 0) is 6.42 Å². The number of H-pyrrole nitrogens is 1. The Kier molecular flexibility index (Phi) is 2.83. The molecule has 2 aromatic heterocycles. The van der Waals surface area contributed by atoms with Crippen molar-refractivity contribution >= 4 is 17.0 Å². The topological polar surface area (TPSA) is 78.9 Å². The quantitative estimate of drug-likeness (QED) is 0.852. The predicted octanol–water partition coefficient (Wildman–Crippen LogP) is 2.34. The number of rotatable bonds is 3. The molecular formula is C12H15N3O2. The Bertz CT molecular complexity index is 572. The third kappa shape index (κ3) is 1.88.